The molecule has 2 aromatic carbocycles. The van der Waals surface area contributed by atoms with Crippen molar-refractivity contribution in [1.82, 2.24) is 0 Å². The lowest BCUT2D eigenvalue weighted by Gasteiger charge is -2.19. The molecule has 2 nitrogen and oxygen atoms in total. The second-order valence-corrected chi connectivity index (χ2v) is 4.30. The van der Waals surface area contributed by atoms with Gasteiger partial charge in [-0.1, -0.05) is 6.07 Å². The molecule has 0 atom stereocenters. The van der Waals surface area contributed by atoms with Gasteiger partial charge in [-0.3, -0.25) is 0 Å². The monoisotopic (exact) mass is 302 g/mol. The van der Waals surface area contributed by atoms with E-state index in [2.05, 4.69) is 0 Å². The van der Waals surface area contributed by atoms with Crippen LogP contribution in [0.5, 0.6) is 11.5 Å². The Hall–Kier alpha value is -2.31. The van der Waals surface area contributed by atoms with E-state index in [1.807, 2.05) is 0 Å². The van der Waals surface area contributed by atoms with E-state index in [9.17, 15) is 22.0 Å². The van der Waals surface area contributed by atoms with E-state index in [4.69, 9.17) is 9.47 Å². The molecule has 0 unspecified atom stereocenters. The van der Waals surface area contributed by atoms with Crippen molar-refractivity contribution in [3.63, 3.8) is 0 Å². The molecule has 7 heteroatoms. The first kappa shape index (κ1) is 13.7. The summed E-state index contributed by atoms with van der Waals surface area (Å²) in [6, 6.07) is 3.72. The fourth-order valence-corrected chi connectivity index (χ4v) is 2.06. The topological polar surface area (TPSA) is 18.5 Å². The molecule has 110 valence electrons. The molecule has 0 N–H and O–H groups in total. The molecule has 0 spiro atoms. The minimum absolute atomic E-state index is 0.183. The normalized spacial score (nSPS) is 13.4. The Morgan fingerprint density at radius 1 is 0.667 bits per heavy atom. The van der Waals surface area contributed by atoms with Crippen molar-refractivity contribution in [1.29, 1.82) is 0 Å². The van der Waals surface area contributed by atoms with Gasteiger partial charge in [0.05, 0.1) is 5.56 Å². The zero-order chi connectivity index (χ0) is 15.1. The standard InChI is InChI=1S/C14H7F5O2/c15-10-9(11(16)13(18)14(19)12(10)17)6-1-2-7-8(5-6)21-4-3-20-7/h1-2,5H,3-4H2. The van der Waals surface area contributed by atoms with E-state index in [0.717, 1.165) is 0 Å². The highest BCUT2D eigenvalue weighted by Gasteiger charge is 2.27. The second kappa shape index (κ2) is 4.91. The van der Waals surface area contributed by atoms with E-state index in [1.165, 1.54) is 18.2 Å². The Morgan fingerprint density at radius 2 is 1.19 bits per heavy atom. The molecule has 1 aliphatic heterocycles. The number of ether oxygens (including phenoxy) is 2. The molecule has 0 bridgehead atoms. The number of hydrogen-bond donors (Lipinski definition) is 0. The number of rotatable bonds is 1. The summed E-state index contributed by atoms with van der Waals surface area (Å²) in [5.74, 6) is -9.41. The van der Waals surface area contributed by atoms with Gasteiger partial charge >= 0.3 is 0 Å². The molecule has 0 aliphatic carbocycles. The number of fused-ring (bicyclic) bond motifs is 1. The number of benzene rings is 2. The predicted octanol–water partition coefficient (Wildman–Crippen LogP) is 3.82. The van der Waals surface area contributed by atoms with Crippen LogP contribution in [-0.4, -0.2) is 13.2 Å². The highest BCUT2D eigenvalue weighted by atomic mass is 19.2. The SMILES string of the molecule is Fc1c(F)c(F)c(-c2ccc3c(c2)OCCO3)c(F)c1F. The van der Waals surface area contributed by atoms with Gasteiger partial charge in [-0.25, -0.2) is 22.0 Å². The maximum absolute atomic E-state index is 13.7. The first-order chi connectivity index (χ1) is 10.0. The molecule has 0 radical (unpaired) electrons. The lowest BCUT2D eigenvalue weighted by atomic mass is 10.0. The number of hydrogen-bond acceptors (Lipinski definition) is 2. The van der Waals surface area contributed by atoms with E-state index in [-0.39, 0.29) is 17.9 Å². The zero-order valence-corrected chi connectivity index (χ0v) is 10.4. The Balaban J connectivity index is 2.21. The van der Waals surface area contributed by atoms with Crippen molar-refractivity contribution in [2.24, 2.45) is 0 Å². The van der Waals surface area contributed by atoms with Gasteiger partial charge in [0.1, 0.15) is 13.2 Å². The van der Waals surface area contributed by atoms with Crippen LogP contribution >= 0.6 is 0 Å². The maximum atomic E-state index is 13.7. The molecule has 3 rings (SSSR count). The minimum atomic E-state index is -2.19. The molecule has 0 aromatic heterocycles. The largest absolute Gasteiger partial charge is 0.486 e. The molecule has 0 fully saturated rings. The van der Waals surface area contributed by atoms with Crippen molar-refractivity contribution in [3.05, 3.63) is 47.3 Å². The summed E-state index contributed by atoms with van der Waals surface area (Å²) in [6.07, 6.45) is 0. The van der Waals surface area contributed by atoms with Crippen LogP contribution in [0.3, 0.4) is 0 Å². The first-order valence-electron chi connectivity index (χ1n) is 5.92. The Morgan fingerprint density at radius 3 is 1.81 bits per heavy atom. The van der Waals surface area contributed by atoms with Gasteiger partial charge in [0.2, 0.25) is 5.82 Å². The van der Waals surface area contributed by atoms with Crippen molar-refractivity contribution in [2.75, 3.05) is 13.2 Å². The van der Waals surface area contributed by atoms with Crippen molar-refractivity contribution in [2.45, 2.75) is 0 Å². The maximum Gasteiger partial charge on any atom is 0.200 e. The Labute approximate surface area is 115 Å². The van der Waals surface area contributed by atoms with Crippen molar-refractivity contribution >= 4 is 0 Å². The van der Waals surface area contributed by atoms with E-state index in [1.54, 1.807) is 0 Å². The fourth-order valence-electron chi connectivity index (χ4n) is 2.06. The molecule has 21 heavy (non-hydrogen) atoms. The Bertz CT molecular complexity index is 701. The molecule has 0 amide bonds. The number of halogens is 5. The van der Waals surface area contributed by atoms with Crippen LogP contribution in [-0.2, 0) is 0 Å². The quantitative estimate of drug-likeness (QED) is 0.453. The highest BCUT2D eigenvalue weighted by Crippen LogP contribution is 2.37. The summed E-state index contributed by atoms with van der Waals surface area (Å²) in [4.78, 5) is 0. The van der Waals surface area contributed by atoms with E-state index < -0.39 is 34.6 Å². The predicted molar refractivity (Wildman–Crippen MR) is 62.7 cm³/mol. The van der Waals surface area contributed by atoms with Crippen LogP contribution in [0.25, 0.3) is 11.1 Å². The van der Waals surface area contributed by atoms with Crippen molar-refractivity contribution < 1.29 is 31.4 Å². The van der Waals surface area contributed by atoms with Crippen LogP contribution < -0.4 is 9.47 Å². The van der Waals surface area contributed by atoms with Crippen LogP contribution in [0.1, 0.15) is 0 Å². The van der Waals surface area contributed by atoms with E-state index in [0.29, 0.717) is 12.4 Å². The van der Waals surface area contributed by atoms with Gasteiger partial charge < -0.3 is 9.47 Å². The van der Waals surface area contributed by atoms with Crippen LogP contribution in [0.2, 0.25) is 0 Å². The van der Waals surface area contributed by atoms with Crippen LogP contribution in [0.4, 0.5) is 22.0 Å². The summed E-state index contributed by atoms with van der Waals surface area (Å²) in [6.45, 7) is 0.544. The summed E-state index contributed by atoms with van der Waals surface area (Å²) in [5, 5.41) is 0. The summed E-state index contributed by atoms with van der Waals surface area (Å²) in [7, 11) is 0. The molecule has 0 saturated carbocycles. The minimum Gasteiger partial charge on any atom is -0.486 e. The van der Waals surface area contributed by atoms with Gasteiger partial charge in [-0.05, 0) is 17.7 Å². The third kappa shape index (κ3) is 2.09. The summed E-state index contributed by atoms with van der Waals surface area (Å²) < 4.78 is 77.3. The molecule has 1 aliphatic rings. The molecule has 1 heterocycles. The fraction of sp³-hybridized carbons (Fsp3) is 0.143. The molecular weight excluding hydrogens is 295 g/mol. The Kier molecular flexibility index (Phi) is 3.19. The molecular formula is C14H7F5O2. The van der Waals surface area contributed by atoms with Gasteiger partial charge in [0, 0.05) is 0 Å². The van der Waals surface area contributed by atoms with E-state index >= 15 is 0 Å². The second-order valence-electron chi connectivity index (χ2n) is 4.30. The van der Waals surface area contributed by atoms with Gasteiger partial charge in [-0.2, -0.15) is 0 Å². The van der Waals surface area contributed by atoms with Gasteiger partial charge in [-0.15, -0.1) is 0 Å². The first-order valence-corrected chi connectivity index (χ1v) is 5.92. The van der Waals surface area contributed by atoms with Gasteiger partial charge in [0.15, 0.2) is 34.8 Å². The average Bonchev–Trinajstić information content (AvgIpc) is 2.51. The smallest absolute Gasteiger partial charge is 0.200 e. The van der Waals surface area contributed by atoms with Crippen LogP contribution in [0.15, 0.2) is 18.2 Å². The summed E-state index contributed by atoms with van der Waals surface area (Å²) in [5.41, 5.74) is -1.18. The summed E-state index contributed by atoms with van der Waals surface area (Å²) >= 11 is 0. The third-order valence-corrected chi connectivity index (χ3v) is 3.04. The van der Waals surface area contributed by atoms with Crippen molar-refractivity contribution in [3.8, 4) is 22.6 Å². The third-order valence-electron chi connectivity index (χ3n) is 3.04. The van der Waals surface area contributed by atoms with Crippen LogP contribution in [0, 0.1) is 29.1 Å². The average molecular weight is 302 g/mol. The zero-order valence-electron chi connectivity index (χ0n) is 10.4. The lowest BCUT2D eigenvalue weighted by Crippen LogP contribution is -2.15. The lowest BCUT2D eigenvalue weighted by molar-refractivity contribution is 0.171. The molecule has 0 saturated heterocycles. The molecule has 2 aromatic rings. The highest BCUT2D eigenvalue weighted by molar-refractivity contribution is 5.69. The van der Waals surface area contributed by atoms with Gasteiger partial charge in [0.25, 0.3) is 0 Å².